The highest BCUT2D eigenvalue weighted by atomic mass is 32.1. The lowest BCUT2D eigenvalue weighted by atomic mass is 10.0. The van der Waals surface area contributed by atoms with Crippen molar-refractivity contribution < 1.29 is 27.5 Å². The van der Waals surface area contributed by atoms with E-state index in [2.05, 4.69) is 15.4 Å². The van der Waals surface area contributed by atoms with Gasteiger partial charge < -0.3 is 20.3 Å². The zero-order valence-electron chi connectivity index (χ0n) is 13.5. The average molecular weight is 395 g/mol. The zero-order chi connectivity index (χ0) is 19.2. The molecule has 0 saturated carbocycles. The normalized spacial score (nSPS) is 19.7. The average Bonchev–Trinajstić information content (AvgIpc) is 3.22. The van der Waals surface area contributed by atoms with Crippen LogP contribution in [-0.4, -0.2) is 24.8 Å². The fourth-order valence-electron chi connectivity index (χ4n) is 3.08. The van der Waals surface area contributed by atoms with Crippen molar-refractivity contribution in [2.75, 3.05) is 11.4 Å². The van der Waals surface area contributed by atoms with E-state index in [0.717, 1.165) is 17.0 Å². The summed E-state index contributed by atoms with van der Waals surface area (Å²) in [5.41, 5.74) is 1.31. The van der Waals surface area contributed by atoms with E-state index in [1.165, 1.54) is 28.4 Å². The van der Waals surface area contributed by atoms with Crippen LogP contribution in [0.5, 0.6) is 5.75 Å². The summed E-state index contributed by atoms with van der Waals surface area (Å²) in [5, 5.41) is 7.23. The number of anilines is 1. The second-order valence-corrected chi connectivity index (χ2v) is 6.85. The molecule has 0 bridgehead atoms. The first-order valence-corrected chi connectivity index (χ1v) is 8.71. The number of nitrogens with one attached hydrogen (secondary N) is 2. The minimum atomic E-state index is -4.78. The summed E-state index contributed by atoms with van der Waals surface area (Å²) >= 11 is 1.42. The first-order chi connectivity index (χ1) is 12.8. The van der Waals surface area contributed by atoms with E-state index < -0.39 is 18.4 Å². The van der Waals surface area contributed by atoms with Gasteiger partial charge in [0.05, 0.1) is 23.9 Å². The maximum Gasteiger partial charge on any atom is 0.573 e. The van der Waals surface area contributed by atoms with E-state index in [0.29, 0.717) is 17.0 Å². The Morgan fingerprint density at radius 2 is 1.89 bits per heavy atom. The molecule has 0 saturated heterocycles. The third-order valence-electron chi connectivity index (χ3n) is 4.16. The van der Waals surface area contributed by atoms with Gasteiger partial charge in [-0.2, -0.15) is 0 Å². The van der Waals surface area contributed by atoms with Gasteiger partial charge in [0, 0.05) is 10.6 Å². The summed E-state index contributed by atoms with van der Waals surface area (Å²) in [6.45, 7) is 0.128. The molecule has 0 aliphatic carbocycles. The van der Waals surface area contributed by atoms with Crippen molar-refractivity contribution in [2.24, 2.45) is 0 Å². The molecule has 1 unspecified atom stereocenters. The van der Waals surface area contributed by atoms with Gasteiger partial charge in [-0.1, -0.05) is 6.07 Å². The molecule has 0 spiro atoms. The quantitative estimate of drug-likeness (QED) is 0.838. The number of ether oxygens (including phenoxy) is 1. The topological polar surface area (TPSA) is 70.7 Å². The Morgan fingerprint density at radius 1 is 1.15 bits per heavy atom. The Bertz CT molecular complexity index is 923. The summed E-state index contributed by atoms with van der Waals surface area (Å²) in [5.74, 6) is -0.692. The number of alkyl halides is 3. The van der Waals surface area contributed by atoms with Gasteiger partial charge in [0.2, 0.25) is 0 Å². The van der Waals surface area contributed by atoms with E-state index in [-0.39, 0.29) is 18.2 Å². The third-order valence-corrected chi connectivity index (χ3v) is 5.09. The van der Waals surface area contributed by atoms with Crippen molar-refractivity contribution >= 4 is 29.0 Å². The highest BCUT2D eigenvalue weighted by Gasteiger charge is 2.41. The second-order valence-electron chi connectivity index (χ2n) is 5.87. The lowest BCUT2D eigenvalue weighted by Gasteiger charge is -2.24. The predicted octanol–water partition coefficient (Wildman–Crippen LogP) is 3.30. The first-order valence-electron chi connectivity index (χ1n) is 7.83. The number of rotatable bonds is 3. The van der Waals surface area contributed by atoms with Crippen LogP contribution in [0.15, 0.2) is 53.0 Å². The number of carbonyl (C=O) groups is 2. The van der Waals surface area contributed by atoms with Gasteiger partial charge in [-0.3, -0.25) is 4.79 Å². The van der Waals surface area contributed by atoms with Crippen molar-refractivity contribution in [1.82, 2.24) is 10.6 Å². The predicted molar refractivity (Wildman–Crippen MR) is 91.2 cm³/mol. The van der Waals surface area contributed by atoms with Crippen LogP contribution in [0.4, 0.5) is 23.7 Å². The Morgan fingerprint density at radius 3 is 2.52 bits per heavy atom. The monoisotopic (exact) mass is 395 g/mol. The molecule has 4 rings (SSSR count). The number of hydrogen-bond donors (Lipinski definition) is 2. The van der Waals surface area contributed by atoms with Crippen LogP contribution < -0.4 is 20.3 Å². The molecule has 2 N–H and O–H groups in total. The van der Waals surface area contributed by atoms with Crippen molar-refractivity contribution in [1.29, 1.82) is 0 Å². The molecular weight excluding hydrogens is 383 g/mol. The van der Waals surface area contributed by atoms with Gasteiger partial charge in [0.25, 0.3) is 5.91 Å². The number of thiophene rings is 1. The molecule has 27 heavy (non-hydrogen) atoms. The van der Waals surface area contributed by atoms with E-state index in [1.54, 1.807) is 0 Å². The lowest BCUT2D eigenvalue weighted by molar-refractivity contribution is -0.274. The molecule has 140 valence electrons. The first kappa shape index (κ1) is 17.4. The van der Waals surface area contributed by atoms with Gasteiger partial charge in [-0.15, -0.1) is 24.5 Å². The molecular formula is C17H12F3N3O3S. The van der Waals surface area contributed by atoms with E-state index in [9.17, 15) is 22.8 Å². The van der Waals surface area contributed by atoms with Crippen LogP contribution in [-0.2, 0) is 4.79 Å². The highest BCUT2D eigenvalue weighted by molar-refractivity contribution is 7.10. The van der Waals surface area contributed by atoms with Crippen molar-refractivity contribution in [3.8, 4) is 5.75 Å². The van der Waals surface area contributed by atoms with E-state index in [1.807, 2.05) is 17.5 Å². The maximum atomic E-state index is 12.9. The fourth-order valence-corrected chi connectivity index (χ4v) is 3.86. The zero-order valence-corrected chi connectivity index (χ0v) is 14.4. The molecule has 1 aromatic heterocycles. The Labute approximate surface area is 155 Å². The Balaban J connectivity index is 1.60. The largest absolute Gasteiger partial charge is 0.573 e. The van der Waals surface area contributed by atoms with Crippen LogP contribution in [0, 0.1) is 0 Å². The van der Waals surface area contributed by atoms with Gasteiger partial charge in [0.15, 0.2) is 0 Å². The number of hydrogen-bond acceptors (Lipinski definition) is 4. The minimum Gasteiger partial charge on any atom is -0.406 e. The molecule has 6 nitrogen and oxygen atoms in total. The number of halogens is 3. The number of nitrogens with zero attached hydrogens (tertiary/aromatic N) is 1. The number of urea groups is 1. The Kier molecular flexibility index (Phi) is 4.06. The summed E-state index contributed by atoms with van der Waals surface area (Å²) in [7, 11) is 0. The van der Waals surface area contributed by atoms with Crippen molar-refractivity contribution in [3.05, 3.63) is 57.9 Å². The van der Waals surface area contributed by atoms with Crippen LogP contribution >= 0.6 is 11.3 Å². The van der Waals surface area contributed by atoms with Gasteiger partial charge in [-0.25, -0.2) is 4.79 Å². The van der Waals surface area contributed by atoms with Crippen LogP contribution in [0.1, 0.15) is 10.9 Å². The maximum absolute atomic E-state index is 12.9. The lowest BCUT2D eigenvalue weighted by Crippen LogP contribution is -2.44. The van der Waals surface area contributed by atoms with E-state index in [4.69, 9.17) is 0 Å². The molecule has 2 aliphatic heterocycles. The van der Waals surface area contributed by atoms with Gasteiger partial charge in [0.1, 0.15) is 5.75 Å². The molecule has 3 heterocycles. The minimum absolute atomic E-state index is 0.128. The smallest absolute Gasteiger partial charge is 0.406 e. The second kappa shape index (κ2) is 6.31. The third kappa shape index (κ3) is 3.35. The van der Waals surface area contributed by atoms with Gasteiger partial charge in [-0.05, 0) is 35.7 Å². The number of benzene rings is 1. The van der Waals surface area contributed by atoms with Crippen LogP contribution in [0.3, 0.4) is 0 Å². The summed E-state index contributed by atoms with van der Waals surface area (Å²) in [6, 6.07) is 7.70. The molecule has 2 aromatic rings. The number of amides is 3. The molecule has 10 heteroatoms. The fraction of sp³-hybridized carbons (Fsp3) is 0.176. The summed E-state index contributed by atoms with van der Waals surface area (Å²) in [4.78, 5) is 27.1. The molecule has 1 atom stereocenters. The Hall–Kier alpha value is -3.01. The van der Waals surface area contributed by atoms with Crippen LogP contribution in [0.2, 0.25) is 0 Å². The molecule has 0 fully saturated rings. The summed E-state index contributed by atoms with van der Waals surface area (Å²) in [6.07, 6.45) is -4.78. The van der Waals surface area contributed by atoms with E-state index >= 15 is 0 Å². The summed E-state index contributed by atoms with van der Waals surface area (Å²) < 4.78 is 40.7. The van der Waals surface area contributed by atoms with Crippen molar-refractivity contribution in [2.45, 2.75) is 12.4 Å². The van der Waals surface area contributed by atoms with Gasteiger partial charge >= 0.3 is 12.4 Å². The van der Waals surface area contributed by atoms with Crippen LogP contribution in [0.25, 0.3) is 0 Å². The van der Waals surface area contributed by atoms with Crippen molar-refractivity contribution in [3.63, 3.8) is 0 Å². The SMILES string of the molecule is O=C1NC2=C(C(=O)N(c3ccc(OC(F)(F)F)cc3)C2)C(c2cccs2)N1. The highest BCUT2D eigenvalue weighted by Crippen LogP contribution is 2.36. The molecule has 1 aromatic carbocycles. The standard InChI is InChI=1S/C17H12F3N3O3S/c18-17(19,20)26-10-5-3-9(4-6-10)23-8-11-13(15(23)24)14(22-16(25)21-11)12-2-1-7-27-12/h1-7,14H,8H2,(H2,21,22,25). The molecule has 3 amide bonds. The number of carbonyl (C=O) groups excluding carboxylic acids is 2. The molecule has 2 aliphatic rings. The molecule has 0 radical (unpaired) electrons.